The smallest absolute Gasteiger partial charge is 0.221 e. The molecule has 1 amide bonds. The molecule has 31 heavy (non-hydrogen) atoms. The fourth-order valence-corrected chi connectivity index (χ4v) is 4.77. The van der Waals surface area contributed by atoms with Crippen LogP contribution in [0.3, 0.4) is 0 Å². The maximum atomic E-state index is 11.5. The van der Waals surface area contributed by atoms with Crippen molar-refractivity contribution in [2.75, 3.05) is 6.54 Å². The third-order valence-corrected chi connectivity index (χ3v) is 6.86. The Morgan fingerprint density at radius 1 is 0.935 bits per heavy atom. The number of nitrogens with one attached hydrogen (secondary N) is 2. The SMILES string of the molecule is CCCCCCCCCCCCCCCC/C=C/C1NC=C[N+]1(CC)C(C)NC(C)=O. The number of allylic oxidation sites excluding steroid dienone is 1. The number of amides is 1. The molecular weight excluding hydrogens is 382 g/mol. The Morgan fingerprint density at radius 2 is 1.45 bits per heavy atom. The van der Waals surface area contributed by atoms with Crippen LogP contribution >= 0.6 is 0 Å². The molecule has 2 N–H and O–H groups in total. The summed E-state index contributed by atoms with van der Waals surface area (Å²) in [5, 5.41) is 6.53. The highest BCUT2D eigenvalue weighted by Crippen LogP contribution is 2.23. The van der Waals surface area contributed by atoms with Crippen LogP contribution < -0.4 is 10.6 Å². The van der Waals surface area contributed by atoms with Crippen LogP contribution in [0.4, 0.5) is 0 Å². The van der Waals surface area contributed by atoms with E-state index in [0.717, 1.165) is 17.4 Å². The van der Waals surface area contributed by atoms with E-state index in [1.807, 2.05) is 6.20 Å². The number of rotatable bonds is 19. The van der Waals surface area contributed by atoms with Crippen molar-refractivity contribution in [1.29, 1.82) is 0 Å². The van der Waals surface area contributed by atoms with E-state index < -0.39 is 0 Å². The molecule has 3 unspecified atom stereocenters. The van der Waals surface area contributed by atoms with E-state index in [1.54, 1.807) is 6.92 Å². The fourth-order valence-electron chi connectivity index (χ4n) is 4.77. The number of quaternary nitrogens is 1. The molecule has 0 saturated carbocycles. The van der Waals surface area contributed by atoms with Crippen LogP contribution in [0.2, 0.25) is 0 Å². The van der Waals surface area contributed by atoms with E-state index in [1.165, 1.54) is 89.9 Å². The van der Waals surface area contributed by atoms with Gasteiger partial charge in [0.25, 0.3) is 0 Å². The summed E-state index contributed by atoms with van der Waals surface area (Å²) in [6.07, 6.45) is 29.9. The molecule has 4 nitrogen and oxygen atoms in total. The molecule has 180 valence electrons. The average molecular weight is 435 g/mol. The van der Waals surface area contributed by atoms with Crippen molar-refractivity contribution in [2.45, 2.75) is 136 Å². The van der Waals surface area contributed by atoms with Gasteiger partial charge in [0.1, 0.15) is 6.20 Å². The third-order valence-electron chi connectivity index (χ3n) is 6.86. The first-order chi connectivity index (χ1) is 15.1. The van der Waals surface area contributed by atoms with Gasteiger partial charge in [-0.15, -0.1) is 0 Å². The van der Waals surface area contributed by atoms with E-state index in [-0.39, 0.29) is 18.2 Å². The van der Waals surface area contributed by atoms with Crippen LogP contribution in [0.1, 0.15) is 124 Å². The summed E-state index contributed by atoms with van der Waals surface area (Å²) in [4.78, 5) is 11.5. The average Bonchev–Trinajstić information content (AvgIpc) is 3.17. The van der Waals surface area contributed by atoms with Crippen LogP contribution in [-0.4, -0.2) is 29.3 Å². The Bertz CT molecular complexity index is 517. The fraction of sp³-hybridized carbons (Fsp3) is 0.815. The van der Waals surface area contributed by atoms with E-state index in [0.29, 0.717) is 0 Å². The summed E-state index contributed by atoms with van der Waals surface area (Å²) >= 11 is 0. The van der Waals surface area contributed by atoms with Gasteiger partial charge in [-0.2, -0.15) is 0 Å². The molecule has 0 aromatic rings. The molecule has 0 aliphatic carbocycles. The predicted octanol–water partition coefficient (Wildman–Crippen LogP) is 7.13. The summed E-state index contributed by atoms with van der Waals surface area (Å²) in [6, 6.07) is 0. The molecular formula is C27H52N3O+. The molecule has 3 atom stereocenters. The molecule has 0 aromatic heterocycles. The lowest BCUT2D eigenvalue weighted by molar-refractivity contribution is -0.917. The summed E-state index contributed by atoms with van der Waals surface area (Å²) in [5.41, 5.74) is 0. The molecule has 4 heteroatoms. The lowest BCUT2D eigenvalue weighted by atomic mass is 10.0. The summed E-state index contributed by atoms with van der Waals surface area (Å²) in [5.74, 6) is 0.0314. The van der Waals surface area contributed by atoms with Gasteiger partial charge in [0.15, 0.2) is 12.3 Å². The van der Waals surface area contributed by atoms with Crippen LogP contribution in [0.15, 0.2) is 24.6 Å². The Labute approximate surface area is 193 Å². The first-order valence-electron chi connectivity index (χ1n) is 13.3. The zero-order valence-electron chi connectivity index (χ0n) is 21.1. The van der Waals surface area contributed by atoms with Gasteiger partial charge in [0.2, 0.25) is 5.91 Å². The van der Waals surface area contributed by atoms with Crippen molar-refractivity contribution in [1.82, 2.24) is 10.6 Å². The highest BCUT2D eigenvalue weighted by molar-refractivity contribution is 5.72. The summed E-state index contributed by atoms with van der Waals surface area (Å²) in [6.45, 7) is 9.10. The van der Waals surface area contributed by atoms with Gasteiger partial charge in [-0.25, -0.2) is 0 Å². The molecule has 0 aromatic carbocycles. The standard InChI is InChI=1S/C27H51N3O/c1-5-7-8-9-10-11-12-13-14-15-16-17-18-19-20-21-22-27-28-23-24-30(27,6-2)25(3)29-26(4)31/h21-25,27-28H,5-20H2,1-4H3/p+1/b22-21+. The van der Waals surface area contributed by atoms with Crippen molar-refractivity contribution in [3.8, 4) is 0 Å². The molecule has 0 radical (unpaired) electrons. The lowest BCUT2D eigenvalue weighted by Crippen LogP contribution is -2.62. The lowest BCUT2D eigenvalue weighted by Gasteiger charge is -2.40. The number of carbonyl (C=O) groups is 1. The second-order valence-corrected chi connectivity index (χ2v) is 9.43. The maximum Gasteiger partial charge on any atom is 0.221 e. The van der Waals surface area contributed by atoms with Gasteiger partial charge in [-0.1, -0.05) is 96.5 Å². The van der Waals surface area contributed by atoms with Gasteiger partial charge >= 0.3 is 0 Å². The van der Waals surface area contributed by atoms with E-state index in [2.05, 4.69) is 49.8 Å². The van der Waals surface area contributed by atoms with E-state index >= 15 is 0 Å². The number of nitrogens with zero attached hydrogens (tertiary/aromatic N) is 1. The molecule has 1 aliphatic rings. The highest BCUT2D eigenvalue weighted by Gasteiger charge is 2.40. The Kier molecular flexibility index (Phi) is 15.5. The van der Waals surface area contributed by atoms with Gasteiger partial charge in [-0.3, -0.25) is 9.28 Å². The minimum atomic E-state index is 0.0314. The molecule has 0 saturated heterocycles. The van der Waals surface area contributed by atoms with E-state index in [4.69, 9.17) is 0 Å². The van der Waals surface area contributed by atoms with Gasteiger partial charge < -0.3 is 10.6 Å². The monoisotopic (exact) mass is 434 g/mol. The Morgan fingerprint density at radius 3 is 1.94 bits per heavy atom. The van der Waals surface area contributed by atoms with Crippen molar-refractivity contribution in [3.05, 3.63) is 24.6 Å². The Balaban J connectivity index is 2.05. The number of likely N-dealkylation sites (N-methyl/N-ethyl adjacent to an activating group) is 1. The van der Waals surface area contributed by atoms with E-state index in [9.17, 15) is 4.79 Å². The zero-order valence-corrected chi connectivity index (χ0v) is 21.1. The first-order valence-corrected chi connectivity index (χ1v) is 13.3. The minimum absolute atomic E-state index is 0.0314. The summed E-state index contributed by atoms with van der Waals surface area (Å²) in [7, 11) is 0. The van der Waals surface area contributed by atoms with Crippen molar-refractivity contribution in [2.24, 2.45) is 0 Å². The number of carbonyl (C=O) groups excluding carboxylic acids is 1. The first kappa shape index (κ1) is 27.7. The predicted molar refractivity (Wildman–Crippen MR) is 134 cm³/mol. The van der Waals surface area contributed by atoms with Gasteiger partial charge in [0.05, 0.1) is 12.7 Å². The quantitative estimate of drug-likeness (QED) is 0.129. The zero-order chi connectivity index (χ0) is 22.8. The normalized spacial score (nSPS) is 21.5. The number of hydrogen-bond acceptors (Lipinski definition) is 2. The number of hydrogen-bond donors (Lipinski definition) is 2. The molecule has 0 fully saturated rings. The molecule has 0 bridgehead atoms. The largest absolute Gasteiger partial charge is 0.334 e. The molecule has 1 rings (SSSR count). The second-order valence-electron chi connectivity index (χ2n) is 9.43. The van der Waals surface area contributed by atoms with Crippen LogP contribution in [0.5, 0.6) is 0 Å². The highest BCUT2D eigenvalue weighted by atomic mass is 16.1. The summed E-state index contributed by atoms with van der Waals surface area (Å²) < 4.78 is 0.731. The van der Waals surface area contributed by atoms with Crippen molar-refractivity contribution in [3.63, 3.8) is 0 Å². The molecule has 1 aliphatic heterocycles. The second kappa shape index (κ2) is 17.3. The van der Waals surface area contributed by atoms with Crippen LogP contribution in [0, 0.1) is 0 Å². The topological polar surface area (TPSA) is 41.1 Å². The van der Waals surface area contributed by atoms with Gasteiger partial charge in [0, 0.05) is 13.8 Å². The van der Waals surface area contributed by atoms with Crippen LogP contribution in [-0.2, 0) is 4.79 Å². The maximum absolute atomic E-state index is 11.5. The molecule has 1 heterocycles. The van der Waals surface area contributed by atoms with Crippen molar-refractivity contribution < 1.29 is 9.28 Å². The Hall–Kier alpha value is -1.29. The van der Waals surface area contributed by atoms with Gasteiger partial charge in [-0.05, 0) is 25.8 Å². The molecule has 0 spiro atoms. The third kappa shape index (κ3) is 11.2. The van der Waals surface area contributed by atoms with Crippen LogP contribution in [0.25, 0.3) is 0 Å². The van der Waals surface area contributed by atoms with Crippen molar-refractivity contribution >= 4 is 5.91 Å². The minimum Gasteiger partial charge on any atom is -0.334 e. The number of unbranched alkanes of at least 4 members (excludes halogenated alkanes) is 14.